The van der Waals surface area contributed by atoms with Crippen LogP contribution < -0.4 is 10.3 Å². The Bertz CT molecular complexity index is 456. The lowest BCUT2D eigenvalue weighted by molar-refractivity contribution is -0.730. The average molecular weight is 177 g/mol. The summed E-state index contributed by atoms with van der Waals surface area (Å²) in [5, 5.41) is 2.46. The number of nitrogens with zero attached hydrogens (tertiary/aromatic N) is 1. The van der Waals surface area contributed by atoms with E-state index in [-0.39, 0.29) is 5.63 Å². The van der Waals surface area contributed by atoms with Crippen LogP contribution in [0.15, 0.2) is 39.6 Å². The maximum absolute atomic E-state index is 11.2. The van der Waals surface area contributed by atoms with Gasteiger partial charge in [0.25, 0.3) is 0 Å². The molecule has 0 unspecified atom stereocenters. The molecule has 0 aliphatic heterocycles. The van der Waals surface area contributed by atoms with Crippen molar-refractivity contribution in [2.24, 2.45) is 7.05 Å². The van der Waals surface area contributed by atoms with Gasteiger partial charge in [-0.3, -0.25) is 4.52 Å². The second kappa shape index (κ2) is 2.90. The largest absolute Gasteiger partial charge is 0.435 e. The summed E-state index contributed by atoms with van der Waals surface area (Å²) in [5.74, 6) is 0. The molecule has 0 saturated carbocycles. The molecule has 2 rings (SSSR count). The maximum atomic E-state index is 11.2. The van der Waals surface area contributed by atoms with Crippen LogP contribution in [0, 0.1) is 0 Å². The minimum Gasteiger partial charge on any atom is -0.283 e. The number of H-pyrrole nitrogens is 1. The molecular weight excluding hydrogens is 168 g/mol. The zero-order valence-electron chi connectivity index (χ0n) is 7.15. The zero-order chi connectivity index (χ0) is 9.26. The van der Waals surface area contributed by atoms with Gasteiger partial charge in [0.1, 0.15) is 0 Å². The third-order valence-electron chi connectivity index (χ3n) is 1.85. The van der Waals surface area contributed by atoms with Crippen molar-refractivity contribution in [1.82, 2.24) is 5.27 Å². The van der Waals surface area contributed by atoms with Gasteiger partial charge in [-0.1, -0.05) is 22.9 Å². The van der Waals surface area contributed by atoms with E-state index in [1.54, 1.807) is 11.7 Å². The van der Waals surface area contributed by atoms with Crippen molar-refractivity contribution < 1.29 is 9.20 Å². The van der Waals surface area contributed by atoms with Gasteiger partial charge in [-0.2, -0.15) is 0 Å². The summed E-state index contributed by atoms with van der Waals surface area (Å²) in [6, 6.07) is 9.38. The lowest BCUT2D eigenvalue weighted by atomic mass is 10.2. The summed E-state index contributed by atoms with van der Waals surface area (Å²) in [5.41, 5.74) is 1.02. The van der Waals surface area contributed by atoms with E-state index in [0.717, 1.165) is 5.56 Å². The van der Waals surface area contributed by atoms with Gasteiger partial charge in [0, 0.05) is 0 Å². The number of aromatic nitrogens is 2. The normalized spacial score (nSPS) is 10.2. The van der Waals surface area contributed by atoms with E-state index in [4.69, 9.17) is 0 Å². The second-order valence-corrected chi connectivity index (χ2v) is 2.75. The first-order chi connectivity index (χ1) is 6.29. The molecule has 4 nitrogen and oxygen atoms in total. The Labute approximate surface area is 74.4 Å². The number of aromatic amines is 1. The van der Waals surface area contributed by atoms with Crippen LogP contribution in [0.5, 0.6) is 0 Å². The average Bonchev–Trinajstić information content (AvgIpc) is 2.48. The summed E-state index contributed by atoms with van der Waals surface area (Å²) in [6.07, 6.45) is 0. The number of hydrogen-bond acceptors (Lipinski definition) is 2. The van der Waals surface area contributed by atoms with E-state index in [0.29, 0.717) is 5.69 Å². The minimum absolute atomic E-state index is 0.353. The molecule has 0 spiro atoms. The van der Waals surface area contributed by atoms with Crippen LogP contribution >= 0.6 is 0 Å². The Kier molecular flexibility index (Phi) is 1.73. The topological polar surface area (TPSA) is 49.9 Å². The first-order valence-corrected chi connectivity index (χ1v) is 3.92. The Hall–Kier alpha value is -1.84. The van der Waals surface area contributed by atoms with Crippen molar-refractivity contribution in [2.45, 2.75) is 0 Å². The molecular formula is C9H9N2O2+. The second-order valence-electron chi connectivity index (χ2n) is 2.75. The predicted octanol–water partition coefficient (Wildman–Crippen LogP) is 0.459. The smallest absolute Gasteiger partial charge is 0.283 e. The maximum Gasteiger partial charge on any atom is 0.435 e. The SMILES string of the molecule is C[n+]1[nH]oc(=O)c1-c1ccccc1. The van der Waals surface area contributed by atoms with Crippen molar-refractivity contribution in [3.63, 3.8) is 0 Å². The van der Waals surface area contributed by atoms with Crippen LogP contribution in [0.1, 0.15) is 0 Å². The minimum atomic E-state index is -0.353. The Morgan fingerprint density at radius 3 is 2.54 bits per heavy atom. The van der Waals surface area contributed by atoms with Crippen LogP contribution in [0.2, 0.25) is 0 Å². The molecule has 1 aromatic carbocycles. The monoisotopic (exact) mass is 177 g/mol. The van der Waals surface area contributed by atoms with E-state index in [1.807, 2.05) is 30.3 Å². The Morgan fingerprint density at radius 1 is 1.31 bits per heavy atom. The van der Waals surface area contributed by atoms with Gasteiger partial charge in [0.05, 0.1) is 5.56 Å². The summed E-state index contributed by atoms with van der Waals surface area (Å²) < 4.78 is 6.19. The highest BCUT2D eigenvalue weighted by Crippen LogP contribution is 2.08. The molecule has 0 amide bonds. The lowest BCUT2D eigenvalue weighted by Gasteiger charge is -1.88. The van der Waals surface area contributed by atoms with Crippen LogP contribution in [0.3, 0.4) is 0 Å². The summed E-state index contributed by atoms with van der Waals surface area (Å²) >= 11 is 0. The Morgan fingerprint density at radius 2 is 2.00 bits per heavy atom. The van der Waals surface area contributed by atoms with Gasteiger partial charge in [-0.05, 0) is 17.4 Å². The van der Waals surface area contributed by atoms with Gasteiger partial charge in [-0.25, -0.2) is 4.79 Å². The number of hydrogen-bond donors (Lipinski definition) is 1. The number of rotatable bonds is 1. The standard InChI is InChI=1S/C9H8N2O2/c1-11-8(9(12)13-10-11)7-5-3-2-4-6-7/h2-6H,1H3/p+1. The number of aryl methyl sites for hydroxylation is 1. The van der Waals surface area contributed by atoms with Gasteiger partial charge in [-0.15, -0.1) is 0 Å². The molecule has 0 aliphatic carbocycles. The predicted molar refractivity (Wildman–Crippen MR) is 45.9 cm³/mol. The van der Waals surface area contributed by atoms with Gasteiger partial charge in [0.2, 0.25) is 0 Å². The summed E-state index contributed by atoms with van der Waals surface area (Å²) in [4.78, 5) is 11.2. The van der Waals surface area contributed by atoms with Crippen molar-refractivity contribution in [3.8, 4) is 11.3 Å². The van der Waals surface area contributed by atoms with E-state index in [9.17, 15) is 4.79 Å². The molecule has 0 fully saturated rings. The van der Waals surface area contributed by atoms with Gasteiger partial charge >= 0.3 is 11.3 Å². The number of nitrogens with one attached hydrogen (secondary N) is 1. The van der Waals surface area contributed by atoms with Crippen LogP contribution in [0.25, 0.3) is 11.3 Å². The first-order valence-electron chi connectivity index (χ1n) is 3.92. The molecule has 66 valence electrons. The van der Waals surface area contributed by atoms with Gasteiger partial charge in [0.15, 0.2) is 7.05 Å². The third kappa shape index (κ3) is 1.26. The highest BCUT2D eigenvalue weighted by atomic mass is 16.5. The Balaban J connectivity index is 2.65. The fraction of sp³-hybridized carbons (Fsp3) is 0.111. The lowest BCUT2D eigenvalue weighted by Crippen LogP contribution is -2.33. The molecule has 2 aromatic rings. The first kappa shape index (κ1) is 7.79. The fourth-order valence-electron chi connectivity index (χ4n) is 1.25. The van der Waals surface area contributed by atoms with Crippen LogP contribution in [0.4, 0.5) is 0 Å². The van der Waals surface area contributed by atoms with Crippen LogP contribution in [-0.2, 0) is 7.05 Å². The van der Waals surface area contributed by atoms with Crippen LogP contribution in [-0.4, -0.2) is 5.27 Å². The van der Waals surface area contributed by atoms with E-state index in [1.165, 1.54) is 0 Å². The zero-order valence-corrected chi connectivity index (χ0v) is 7.15. The van der Waals surface area contributed by atoms with E-state index < -0.39 is 0 Å². The highest BCUT2D eigenvalue weighted by molar-refractivity contribution is 5.53. The van der Waals surface area contributed by atoms with Crippen molar-refractivity contribution >= 4 is 0 Å². The molecule has 0 bridgehead atoms. The van der Waals surface area contributed by atoms with Crippen molar-refractivity contribution in [1.29, 1.82) is 0 Å². The molecule has 4 heteroatoms. The van der Waals surface area contributed by atoms with Crippen molar-refractivity contribution in [3.05, 3.63) is 40.8 Å². The number of benzene rings is 1. The molecule has 1 heterocycles. The van der Waals surface area contributed by atoms with E-state index in [2.05, 4.69) is 9.79 Å². The summed E-state index contributed by atoms with van der Waals surface area (Å²) in [6.45, 7) is 0. The van der Waals surface area contributed by atoms with Gasteiger partial charge < -0.3 is 0 Å². The highest BCUT2D eigenvalue weighted by Gasteiger charge is 2.18. The molecule has 0 radical (unpaired) electrons. The third-order valence-corrected chi connectivity index (χ3v) is 1.85. The van der Waals surface area contributed by atoms with Crippen molar-refractivity contribution in [2.75, 3.05) is 0 Å². The molecule has 0 saturated heterocycles. The fourth-order valence-corrected chi connectivity index (χ4v) is 1.25. The quantitative estimate of drug-likeness (QED) is 0.643. The molecule has 0 aliphatic rings. The molecule has 13 heavy (non-hydrogen) atoms. The molecule has 1 N–H and O–H groups in total. The summed E-state index contributed by atoms with van der Waals surface area (Å²) in [7, 11) is 1.73. The molecule has 0 atom stereocenters. The van der Waals surface area contributed by atoms with E-state index >= 15 is 0 Å². The molecule has 1 aromatic heterocycles.